The minimum atomic E-state index is 0.240. The Bertz CT molecular complexity index is 422. The van der Waals surface area contributed by atoms with Crippen molar-refractivity contribution in [2.45, 2.75) is 26.4 Å². The second-order valence-corrected chi connectivity index (χ2v) is 3.42. The summed E-state index contributed by atoms with van der Waals surface area (Å²) < 4.78 is 5.66. The van der Waals surface area contributed by atoms with E-state index < -0.39 is 0 Å². The fourth-order valence-corrected chi connectivity index (χ4v) is 1.30. The van der Waals surface area contributed by atoms with Gasteiger partial charge >= 0.3 is 0 Å². The predicted molar refractivity (Wildman–Crippen MR) is 56.5 cm³/mol. The maximum Gasteiger partial charge on any atom is 0.140 e. The molecule has 0 spiro atoms. The summed E-state index contributed by atoms with van der Waals surface area (Å²) in [6.07, 6.45) is 4.89. The molecule has 2 aromatic heterocycles. The summed E-state index contributed by atoms with van der Waals surface area (Å²) in [4.78, 5) is 7.38. The molecule has 1 N–H and O–H groups in total. The Labute approximate surface area is 83.1 Å². The highest BCUT2D eigenvalue weighted by Gasteiger charge is 2.03. The number of nitrogens with one attached hydrogen (secondary N) is 1. The van der Waals surface area contributed by atoms with Crippen LogP contribution in [0.4, 0.5) is 0 Å². The highest BCUT2D eigenvalue weighted by Crippen LogP contribution is 2.18. The number of aromatic nitrogens is 2. The lowest BCUT2D eigenvalue weighted by molar-refractivity contribution is 0.217. The Morgan fingerprint density at radius 2 is 2.43 bits per heavy atom. The number of pyridine rings is 1. The molecule has 3 nitrogen and oxygen atoms in total. The number of hydrogen-bond donors (Lipinski definition) is 1. The van der Waals surface area contributed by atoms with E-state index in [0.29, 0.717) is 0 Å². The first-order valence-corrected chi connectivity index (χ1v) is 4.89. The third kappa shape index (κ3) is 1.71. The van der Waals surface area contributed by atoms with Crippen LogP contribution in [0.15, 0.2) is 24.5 Å². The van der Waals surface area contributed by atoms with E-state index in [1.54, 1.807) is 6.20 Å². The monoisotopic (exact) mass is 190 g/mol. The summed E-state index contributed by atoms with van der Waals surface area (Å²) in [7, 11) is 0. The summed E-state index contributed by atoms with van der Waals surface area (Å²) in [6, 6.07) is 3.93. The fourth-order valence-electron chi connectivity index (χ4n) is 1.30. The van der Waals surface area contributed by atoms with Crippen molar-refractivity contribution >= 4 is 11.0 Å². The van der Waals surface area contributed by atoms with Gasteiger partial charge in [-0.3, -0.25) is 4.98 Å². The molecule has 0 aliphatic heterocycles. The van der Waals surface area contributed by atoms with E-state index in [9.17, 15) is 0 Å². The highest BCUT2D eigenvalue weighted by molar-refractivity contribution is 5.75. The van der Waals surface area contributed by atoms with Gasteiger partial charge in [-0.05, 0) is 19.4 Å². The number of fused-ring (bicyclic) bond motifs is 1. The Kier molecular flexibility index (Phi) is 2.39. The van der Waals surface area contributed by atoms with Crippen molar-refractivity contribution in [3.63, 3.8) is 0 Å². The molecule has 74 valence electrons. The van der Waals surface area contributed by atoms with Crippen molar-refractivity contribution in [2.24, 2.45) is 0 Å². The van der Waals surface area contributed by atoms with Crippen molar-refractivity contribution in [1.29, 1.82) is 0 Å². The third-order valence-corrected chi connectivity index (χ3v) is 2.29. The van der Waals surface area contributed by atoms with Crippen LogP contribution in [0.25, 0.3) is 11.0 Å². The second-order valence-electron chi connectivity index (χ2n) is 3.42. The molecule has 0 radical (unpaired) electrons. The van der Waals surface area contributed by atoms with E-state index >= 15 is 0 Å². The van der Waals surface area contributed by atoms with Crippen LogP contribution in [0.2, 0.25) is 0 Å². The zero-order valence-corrected chi connectivity index (χ0v) is 8.45. The van der Waals surface area contributed by atoms with E-state index in [0.717, 1.165) is 23.2 Å². The SMILES string of the molecule is CCC(C)Oc1cnc2cc[nH]c2c1. The van der Waals surface area contributed by atoms with Crippen LogP contribution in [-0.2, 0) is 0 Å². The molecule has 2 heterocycles. The molecule has 0 aromatic carbocycles. The van der Waals surface area contributed by atoms with Crippen LogP contribution in [-0.4, -0.2) is 16.1 Å². The summed E-state index contributed by atoms with van der Waals surface area (Å²) in [5.74, 6) is 0.828. The van der Waals surface area contributed by atoms with E-state index in [2.05, 4.69) is 23.8 Å². The van der Waals surface area contributed by atoms with Gasteiger partial charge in [-0.1, -0.05) is 6.92 Å². The fraction of sp³-hybridized carbons (Fsp3) is 0.364. The maximum absolute atomic E-state index is 5.66. The molecule has 2 aromatic rings. The minimum Gasteiger partial charge on any atom is -0.489 e. The molecule has 2 rings (SSSR count). The summed E-state index contributed by atoms with van der Waals surface area (Å²) in [5.41, 5.74) is 1.99. The molecule has 0 fully saturated rings. The molecule has 0 saturated heterocycles. The average Bonchev–Trinajstić information content (AvgIpc) is 2.64. The van der Waals surface area contributed by atoms with Gasteiger partial charge in [0.15, 0.2) is 0 Å². The lowest BCUT2D eigenvalue weighted by atomic mass is 10.3. The topological polar surface area (TPSA) is 37.9 Å². The van der Waals surface area contributed by atoms with Crippen LogP contribution in [0.1, 0.15) is 20.3 Å². The molecule has 0 saturated carbocycles. The van der Waals surface area contributed by atoms with Gasteiger partial charge in [-0.15, -0.1) is 0 Å². The standard InChI is InChI=1S/C11H14N2O/c1-3-8(2)14-9-6-11-10(13-7-9)4-5-12-11/h4-8,12H,3H2,1-2H3. The van der Waals surface area contributed by atoms with Gasteiger partial charge in [0.1, 0.15) is 5.75 Å². The van der Waals surface area contributed by atoms with Crippen LogP contribution < -0.4 is 4.74 Å². The Balaban J connectivity index is 2.25. The highest BCUT2D eigenvalue weighted by atomic mass is 16.5. The van der Waals surface area contributed by atoms with Gasteiger partial charge in [-0.25, -0.2) is 0 Å². The minimum absolute atomic E-state index is 0.240. The number of nitrogens with zero attached hydrogens (tertiary/aromatic N) is 1. The summed E-state index contributed by atoms with van der Waals surface area (Å²) in [6.45, 7) is 4.16. The lowest BCUT2D eigenvalue weighted by Gasteiger charge is -2.11. The van der Waals surface area contributed by atoms with Gasteiger partial charge in [0, 0.05) is 12.3 Å². The molecule has 1 unspecified atom stereocenters. The smallest absolute Gasteiger partial charge is 0.140 e. The van der Waals surface area contributed by atoms with Crippen LogP contribution in [0.3, 0.4) is 0 Å². The van der Waals surface area contributed by atoms with Crippen molar-refractivity contribution in [3.8, 4) is 5.75 Å². The molecular weight excluding hydrogens is 176 g/mol. The number of H-pyrrole nitrogens is 1. The summed E-state index contributed by atoms with van der Waals surface area (Å²) in [5, 5.41) is 0. The second kappa shape index (κ2) is 3.70. The molecule has 14 heavy (non-hydrogen) atoms. The van der Waals surface area contributed by atoms with Gasteiger partial charge in [0.05, 0.1) is 23.3 Å². The molecular formula is C11H14N2O. The number of hydrogen-bond acceptors (Lipinski definition) is 2. The zero-order chi connectivity index (χ0) is 9.97. The third-order valence-electron chi connectivity index (χ3n) is 2.29. The quantitative estimate of drug-likeness (QED) is 0.808. The van der Waals surface area contributed by atoms with Crippen molar-refractivity contribution < 1.29 is 4.74 Å². The van der Waals surface area contributed by atoms with Crippen molar-refractivity contribution in [3.05, 3.63) is 24.5 Å². The summed E-state index contributed by atoms with van der Waals surface area (Å²) >= 11 is 0. The first kappa shape index (κ1) is 9.06. The van der Waals surface area contributed by atoms with Gasteiger partial charge in [0.2, 0.25) is 0 Å². The van der Waals surface area contributed by atoms with Gasteiger partial charge in [0.25, 0.3) is 0 Å². The lowest BCUT2D eigenvalue weighted by Crippen LogP contribution is -2.09. The van der Waals surface area contributed by atoms with Crippen LogP contribution in [0, 0.1) is 0 Å². The molecule has 0 aliphatic rings. The molecule has 0 aliphatic carbocycles. The average molecular weight is 190 g/mol. The number of ether oxygens (including phenoxy) is 1. The first-order valence-electron chi connectivity index (χ1n) is 4.89. The van der Waals surface area contributed by atoms with E-state index in [-0.39, 0.29) is 6.10 Å². The van der Waals surface area contributed by atoms with Crippen LogP contribution in [0.5, 0.6) is 5.75 Å². The van der Waals surface area contributed by atoms with E-state index in [1.807, 2.05) is 18.3 Å². The molecule has 0 amide bonds. The normalized spacial score (nSPS) is 13.0. The van der Waals surface area contributed by atoms with E-state index in [4.69, 9.17) is 4.74 Å². The molecule has 3 heteroatoms. The maximum atomic E-state index is 5.66. The Morgan fingerprint density at radius 1 is 1.57 bits per heavy atom. The van der Waals surface area contributed by atoms with E-state index in [1.165, 1.54) is 0 Å². The molecule has 0 bridgehead atoms. The van der Waals surface area contributed by atoms with Gasteiger partial charge in [-0.2, -0.15) is 0 Å². The molecule has 1 atom stereocenters. The zero-order valence-electron chi connectivity index (χ0n) is 8.45. The van der Waals surface area contributed by atoms with Crippen molar-refractivity contribution in [2.75, 3.05) is 0 Å². The van der Waals surface area contributed by atoms with Crippen LogP contribution >= 0.6 is 0 Å². The number of rotatable bonds is 3. The Morgan fingerprint density at radius 3 is 3.21 bits per heavy atom. The largest absolute Gasteiger partial charge is 0.489 e. The first-order chi connectivity index (χ1) is 6.79. The number of aromatic amines is 1. The predicted octanol–water partition coefficient (Wildman–Crippen LogP) is 2.74. The Hall–Kier alpha value is -1.51. The van der Waals surface area contributed by atoms with Gasteiger partial charge < -0.3 is 9.72 Å². The van der Waals surface area contributed by atoms with Crippen molar-refractivity contribution in [1.82, 2.24) is 9.97 Å².